The second-order valence-electron chi connectivity index (χ2n) is 6.42. The molecule has 0 bridgehead atoms. The Hall–Kier alpha value is -1.24. The van der Waals surface area contributed by atoms with Gasteiger partial charge in [-0.25, -0.2) is 4.79 Å². The molecular weight excluding hydrogens is 302 g/mol. The molecule has 3 heterocycles. The fraction of sp³-hybridized carbons (Fsp3) is 0.800. The summed E-state index contributed by atoms with van der Waals surface area (Å²) < 4.78 is 15.2. The minimum absolute atomic E-state index is 0.229. The number of carboxylic acid groups (broad SMARTS) is 1. The minimum Gasteiger partial charge on any atom is -0.480 e. The van der Waals surface area contributed by atoms with Crippen molar-refractivity contribution < 1.29 is 17.4 Å². The Morgan fingerprint density at radius 2 is 2.23 bits per heavy atom. The Balaban J connectivity index is 1.67. The van der Waals surface area contributed by atoms with Crippen LogP contribution < -0.4 is 0 Å². The third-order valence-corrected chi connectivity index (χ3v) is 5.92. The summed E-state index contributed by atoms with van der Waals surface area (Å²) in [6.07, 6.45) is 2.34. The Kier molecular flexibility index (Phi) is 3.46. The molecule has 3 fully saturated rings. The van der Waals surface area contributed by atoms with Gasteiger partial charge in [-0.2, -0.15) is 0 Å². The lowest BCUT2D eigenvalue weighted by Crippen LogP contribution is -2.65. The van der Waals surface area contributed by atoms with E-state index in [1.54, 1.807) is 6.34 Å². The third-order valence-electron chi connectivity index (χ3n) is 4.36. The fourth-order valence-corrected chi connectivity index (χ4v) is 4.85. The van der Waals surface area contributed by atoms with E-state index in [9.17, 15) is 14.7 Å². The van der Waals surface area contributed by atoms with E-state index in [1.165, 1.54) is 16.7 Å². The summed E-state index contributed by atoms with van der Waals surface area (Å²) in [7, 11) is 0. The molecule has 0 aliphatic carbocycles. The number of aliphatic carboxylic acids is 1. The van der Waals surface area contributed by atoms with Gasteiger partial charge in [0, 0.05) is 20.6 Å². The van der Waals surface area contributed by atoms with Crippen LogP contribution in [-0.4, -0.2) is 68.4 Å². The summed E-state index contributed by atoms with van der Waals surface area (Å²) in [4.78, 5) is 31.6. The van der Waals surface area contributed by atoms with E-state index in [4.69, 9.17) is 2.74 Å². The van der Waals surface area contributed by atoms with Crippen molar-refractivity contribution in [3.63, 3.8) is 0 Å². The van der Waals surface area contributed by atoms with Gasteiger partial charge in [-0.15, -0.1) is 11.8 Å². The van der Waals surface area contributed by atoms with Crippen LogP contribution >= 0.6 is 11.8 Å². The number of nitrogens with zero attached hydrogens (tertiary/aromatic N) is 3. The quantitative estimate of drug-likeness (QED) is 0.481. The Bertz CT molecular complexity index is 574. The molecule has 2 unspecified atom stereocenters. The highest BCUT2D eigenvalue weighted by Crippen LogP contribution is 2.51. The Morgan fingerprint density at radius 3 is 2.95 bits per heavy atom. The summed E-state index contributed by atoms with van der Waals surface area (Å²) in [5, 5.41) is 9.17. The molecule has 3 rings (SSSR count). The minimum atomic E-state index is -0.975. The van der Waals surface area contributed by atoms with Gasteiger partial charge in [-0.05, 0) is 26.7 Å². The van der Waals surface area contributed by atoms with Crippen molar-refractivity contribution in [2.24, 2.45) is 4.99 Å². The molecular formula is C15H23N3O3S. The standard InChI is InChI=1S/C15H23N3O3S/c1-15(2)11(14(20)21)18-12(19)10(13(18)22-15)16-9-17-7-5-3-4-6-8-17/h9-11,13H,3-8H2,1-2H3,(H,20,21)/t10-,11+,13+/m1/s1/i3T,5T/t3?,5?,10-,11+,13+. The Morgan fingerprint density at radius 1 is 1.45 bits per heavy atom. The number of carbonyl (C=O) groups excluding carboxylic acids is 1. The summed E-state index contributed by atoms with van der Waals surface area (Å²) in [6, 6.07) is -1.36. The molecule has 0 radical (unpaired) electrons. The zero-order valence-corrected chi connectivity index (χ0v) is 13.6. The second-order valence-corrected chi connectivity index (χ2v) is 8.19. The van der Waals surface area contributed by atoms with Gasteiger partial charge in [0.2, 0.25) is 0 Å². The van der Waals surface area contributed by atoms with Gasteiger partial charge in [0.1, 0.15) is 11.4 Å². The van der Waals surface area contributed by atoms with Crippen LogP contribution in [0.25, 0.3) is 0 Å². The van der Waals surface area contributed by atoms with Gasteiger partial charge in [0.05, 0.1) is 6.34 Å². The zero-order chi connectivity index (χ0) is 17.6. The van der Waals surface area contributed by atoms with E-state index < -0.39 is 29.2 Å². The summed E-state index contributed by atoms with van der Waals surface area (Å²) >= 11 is 1.48. The van der Waals surface area contributed by atoms with Gasteiger partial charge < -0.3 is 14.9 Å². The van der Waals surface area contributed by atoms with Gasteiger partial charge >= 0.3 is 5.97 Å². The average molecular weight is 329 g/mol. The monoisotopic (exact) mass is 329 g/mol. The molecule has 1 amide bonds. The highest BCUT2D eigenvalue weighted by atomic mass is 32.2. The molecule has 0 aromatic rings. The van der Waals surface area contributed by atoms with Crippen molar-refractivity contribution in [2.45, 2.75) is 61.7 Å². The first-order valence-electron chi connectivity index (χ1n) is 8.72. The maximum Gasteiger partial charge on any atom is 0.327 e. The summed E-state index contributed by atoms with van der Waals surface area (Å²) in [6.45, 7) is 4.87. The molecule has 22 heavy (non-hydrogen) atoms. The number of hydrogen-bond donors (Lipinski definition) is 1. The smallest absolute Gasteiger partial charge is 0.327 e. The molecule has 1 N–H and O–H groups in total. The molecule has 0 spiro atoms. The molecule has 0 aromatic heterocycles. The predicted molar refractivity (Wildman–Crippen MR) is 86.0 cm³/mol. The van der Waals surface area contributed by atoms with Gasteiger partial charge in [0.25, 0.3) is 5.91 Å². The molecule has 0 aromatic carbocycles. The first-order valence-corrected chi connectivity index (χ1v) is 8.45. The van der Waals surface area contributed by atoms with Crippen molar-refractivity contribution in [1.82, 2.24) is 9.80 Å². The highest BCUT2D eigenvalue weighted by molar-refractivity contribution is 8.01. The zero-order valence-electron chi connectivity index (χ0n) is 14.8. The van der Waals surface area contributed by atoms with Crippen LogP contribution in [0, 0.1) is 0 Å². The van der Waals surface area contributed by atoms with E-state index in [2.05, 4.69) is 4.99 Å². The number of aliphatic imine (C=N–C) groups is 1. The van der Waals surface area contributed by atoms with Crippen LogP contribution in [-0.2, 0) is 9.59 Å². The largest absolute Gasteiger partial charge is 0.480 e. The number of hydrogen-bond acceptors (Lipinski definition) is 4. The lowest BCUT2D eigenvalue weighted by molar-refractivity contribution is -0.158. The number of thioether (sulfide) groups is 1. The third kappa shape index (κ3) is 2.59. The van der Waals surface area contributed by atoms with E-state index in [0.717, 1.165) is 13.0 Å². The van der Waals surface area contributed by atoms with Crippen LogP contribution in [0.1, 0.15) is 42.2 Å². The highest BCUT2D eigenvalue weighted by Gasteiger charge is 2.63. The molecule has 3 aliphatic heterocycles. The summed E-state index contributed by atoms with van der Waals surface area (Å²) in [5.41, 5.74) is 0. The number of fused-ring (bicyclic) bond motifs is 1. The van der Waals surface area contributed by atoms with Crippen molar-refractivity contribution in [1.29, 1.82) is 0 Å². The summed E-state index contributed by atoms with van der Waals surface area (Å²) in [5.74, 6) is -1.21. The Labute approximate surface area is 137 Å². The number of carbonyl (C=O) groups is 2. The van der Waals surface area contributed by atoms with Gasteiger partial charge in [0.15, 0.2) is 6.04 Å². The molecule has 3 saturated heterocycles. The number of carboxylic acids is 1. The molecule has 3 aliphatic rings. The van der Waals surface area contributed by atoms with E-state index in [0.29, 0.717) is 13.0 Å². The second kappa shape index (κ2) is 5.76. The number of likely N-dealkylation sites (tertiary alicyclic amines) is 1. The first-order chi connectivity index (χ1) is 11.2. The van der Waals surface area contributed by atoms with Gasteiger partial charge in [-0.1, -0.05) is 12.8 Å². The predicted octanol–water partition coefficient (Wildman–Crippen LogP) is 1.41. The van der Waals surface area contributed by atoms with Crippen molar-refractivity contribution in [3.8, 4) is 0 Å². The van der Waals surface area contributed by atoms with Crippen molar-refractivity contribution in [2.75, 3.05) is 13.1 Å². The number of amides is 1. The molecule has 7 heteroatoms. The first kappa shape index (κ1) is 13.2. The van der Waals surface area contributed by atoms with E-state index >= 15 is 0 Å². The molecule has 0 saturated carbocycles. The maximum absolute atomic E-state index is 12.4. The lowest BCUT2D eigenvalue weighted by atomic mass is 9.96. The fourth-order valence-electron chi connectivity index (χ4n) is 3.23. The molecule has 6 nitrogen and oxygen atoms in total. The van der Waals surface area contributed by atoms with Crippen LogP contribution in [0.3, 0.4) is 0 Å². The number of rotatable bonds is 3. The van der Waals surface area contributed by atoms with Crippen molar-refractivity contribution in [3.05, 3.63) is 0 Å². The number of β-lactam (4-membered cyclic amide) rings is 1. The van der Waals surface area contributed by atoms with Crippen molar-refractivity contribution >= 4 is 30.0 Å². The topological polar surface area (TPSA) is 73.2 Å². The van der Waals surface area contributed by atoms with Gasteiger partial charge in [-0.3, -0.25) is 9.79 Å². The normalized spacial score (nSPS) is 42.5. The SMILES string of the molecule is [3H]C1CCCN(C=N[C@@H]2C(=O)N3[C@@H](C(=O)O)C(C)(C)S[C@@H]23)CC1[3H]. The van der Waals surface area contributed by atoms with Crippen LogP contribution in [0.5, 0.6) is 0 Å². The van der Waals surface area contributed by atoms with Crippen LogP contribution in [0.15, 0.2) is 4.99 Å². The maximum atomic E-state index is 12.4. The van der Waals surface area contributed by atoms with E-state index in [-0.39, 0.29) is 17.7 Å². The van der Waals surface area contributed by atoms with Crippen LogP contribution in [0.2, 0.25) is 0 Å². The average Bonchev–Trinajstić information content (AvgIpc) is 2.63. The van der Waals surface area contributed by atoms with E-state index in [1.807, 2.05) is 18.7 Å². The van der Waals surface area contributed by atoms with Crippen LogP contribution in [0.4, 0.5) is 0 Å². The molecule has 5 atom stereocenters. The molecule has 122 valence electrons. The lowest BCUT2D eigenvalue weighted by Gasteiger charge is -2.41.